The molecular weight excluding hydrogens is 823 g/mol. The zero-order valence-electron chi connectivity index (χ0n) is 37.1. The van der Waals surface area contributed by atoms with Crippen LogP contribution in [0, 0.1) is 0 Å². The zero-order valence-corrected chi connectivity index (χ0v) is 37.1. The van der Waals surface area contributed by atoms with Crippen LogP contribution in [0.4, 0.5) is 45.5 Å². The molecule has 0 amide bonds. The highest BCUT2D eigenvalue weighted by Crippen LogP contribution is 2.55. The molecule has 9 aromatic carbocycles. The number of hydrogen-bond donors (Lipinski definition) is 1. The molecule has 7 aliphatic rings. The summed E-state index contributed by atoms with van der Waals surface area (Å²) in [5.74, 6) is 1.83. The molecule has 4 nitrogen and oxygen atoms in total. The molecule has 1 N–H and O–H groups in total. The molecule has 7 heteroatoms. The number of benzene rings is 9. The molecule has 0 aromatic heterocycles. The molecule has 0 atom stereocenters. The maximum Gasteiger partial charge on any atom is 0.256 e. The lowest BCUT2D eigenvalue weighted by Gasteiger charge is -2.46. The summed E-state index contributed by atoms with van der Waals surface area (Å²) in [5, 5.41) is 4.13. The Morgan fingerprint density at radius 2 is 1.24 bits per heavy atom. The van der Waals surface area contributed by atoms with Crippen LogP contribution in [0.25, 0.3) is 27.8 Å². The number of allylic oxidation sites excluding steroid dienone is 4. The van der Waals surface area contributed by atoms with E-state index in [2.05, 4.69) is 217 Å². The third-order valence-corrected chi connectivity index (χ3v) is 15.8. The van der Waals surface area contributed by atoms with Crippen molar-refractivity contribution < 1.29 is 4.74 Å². The zero-order chi connectivity index (χ0) is 44.2. The van der Waals surface area contributed by atoms with E-state index in [0.717, 1.165) is 53.4 Å². The van der Waals surface area contributed by atoms with Gasteiger partial charge in [0, 0.05) is 28.3 Å². The molecule has 1 radical (unpaired) electrons. The molecule has 68 heavy (non-hydrogen) atoms. The van der Waals surface area contributed by atoms with E-state index < -0.39 is 0 Å². The van der Waals surface area contributed by atoms with Crippen molar-refractivity contribution in [2.75, 3.05) is 15.1 Å². The highest BCUT2D eigenvalue weighted by Gasteiger charge is 2.48. The molecule has 9 aromatic rings. The maximum atomic E-state index is 7.20. The van der Waals surface area contributed by atoms with Crippen LogP contribution < -0.4 is 63.6 Å². The number of fused-ring (bicyclic) bond motifs is 14. The first-order valence-electron chi connectivity index (χ1n) is 24.1. The van der Waals surface area contributed by atoms with Crippen LogP contribution in [-0.4, -0.2) is 20.7 Å². The van der Waals surface area contributed by atoms with E-state index in [9.17, 15) is 0 Å². The van der Waals surface area contributed by atoms with Crippen LogP contribution in [0.5, 0.6) is 11.5 Å². The van der Waals surface area contributed by atoms with E-state index in [0.29, 0.717) is 0 Å². The fraction of sp³-hybridized carbons (Fsp3) is 0.0492. The minimum Gasteiger partial charge on any atom is -0.458 e. The fourth-order valence-electron chi connectivity index (χ4n) is 12.9. The van der Waals surface area contributed by atoms with Crippen molar-refractivity contribution in [3.8, 4) is 33.8 Å². The molecule has 0 fully saturated rings. The quantitative estimate of drug-likeness (QED) is 0.179. The SMILES string of the molecule is [B]1c2ccccc2N2c3cc(-c4ccccc4)ccc3B3c4ccccc4Cc4cc(-c5cc6c7c8c5Nc5ccccc5N8c5cc(C8=CC=CCC8)ccc5B7c5ccccc5O6)c1c2c43. The monoisotopic (exact) mass is 862 g/mol. The van der Waals surface area contributed by atoms with Gasteiger partial charge in [0.25, 0.3) is 6.71 Å². The fourth-order valence-corrected chi connectivity index (χ4v) is 12.9. The van der Waals surface area contributed by atoms with Gasteiger partial charge in [0.15, 0.2) is 7.28 Å². The van der Waals surface area contributed by atoms with Crippen molar-refractivity contribution in [3.05, 3.63) is 211 Å². The van der Waals surface area contributed by atoms with Gasteiger partial charge >= 0.3 is 0 Å². The number of anilines is 8. The summed E-state index contributed by atoms with van der Waals surface area (Å²) >= 11 is 0. The molecule has 16 rings (SSSR count). The predicted octanol–water partition coefficient (Wildman–Crippen LogP) is 9.39. The molecule has 0 saturated carbocycles. The minimum atomic E-state index is -0.00473. The first kappa shape index (κ1) is 37.0. The van der Waals surface area contributed by atoms with Gasteiger partial charge < -0.3 is 19.9 Å². The maximum absolute atomic E-state index is 7.20. The Morgan fingerprint density at radius 3 is 2.10 bits per heavy atom. The summed E-state index contributed by atoms with van der Waals surface area (Å²) in [6, 6.07) is 65.9. The Balaban J connectivity index is 1.00. The molecule has 6 aliphatic heterocycles. The molecule has 313 valence electrons. The summed E-state index contributed by atoms with van der Waals surface area (Å²) in [5.41, 5.74) is 30.0. The largest absolute Gasteiger partial charge is 0.458 e. The van der Waals surface area contributed by atoms with Crippen molar-refractivity contribution in [1.29, 1.82) is 0 Å². The van der Waals surface area contributed by atoms with Crippen LogP contribution in [0.15, 0.2) is 194 Å². The summed E-state index contributed by atoms with van der Waals surface area (Å²) in [6.45, 7) is 0.0898. The molecule has 0 spiro atoms. The lowest BCUT2D eigenvalue weighted by molar-refractivity contribution is 0.488. The van der Waals surface area contributed by atoms with Gasteiger partial charge in [0.05, 0.1) is 22.7 Å². The summed E-state index contributed by atoms with van der Waals surface area (Å²) < 4.78 is 7.20. The predicted molar refractivity (Wildman–Crippen MR) is 286 cm³/mol. The number of nitrogens with zero attached hydrogens (tertiary/aromatic N) is 2. The number of ether oxygens (including phenoxy) is 1. The first-order chi connectivity index (χ1) is 33.7. The Labute approximate surface area is 397 Å². The average Bonchev–Trinajstić information content (AvgIpc) is 3.40. The summed E-state index contributed by atoms with van der Waals surface area (Å²) in [4.78, 5) is 5.17. The average molecular weight is 862 g/mol. The van der Waals surface area contributed by atoms with Crippen LogP contribution in [0.1, 0.15) is 29.5 Å². The molecule has 0 bridgehead atoms. The Kier molecular flexibility index (Phi) is 7.46. The minimum absolute atomic E-state index is 0.00473. The molecule has 0 unspecified atom stereocenters. The van der Waals surface area contributed by atoms with Crippen molar-refractivity contribution >= 4 is 115 Å². The smallest absolute Gasteiger partial charge is 0.256 e. The van der Waals surface area contributed by atoms with Crippen LogP contribution in [-0.2, 0) is 6.42 Å². The lowest BCUT2D eigenvalue weighted by atomic mass is 9.31. The van der Waals surface area contributed by atoms with Gasteiger partial charge in [0.1, 0.15) is 11.5 Å². The molecule has 0 saturated heterocycles. The van der Waals surface area contributed by atoms with Gasteiger partial charge in [-0.15, -0.1) is 0 Å². The Morgan fingerprint density at radius 1 is 0.515 bits per heavy atom. The second kappa shape index (κ2) is 13.7. The van der Waals surface area contributed by atoms with Crippen molar-refractivity contribution in [2.45, 2.75) is 19.3 Å². The van der Waals surface area contributed by atoms with E-state index in [4.69, 9.17) is 4.74 Å². The Bertz CT molecular complexity index is 3800. The number of para-hydroxylation sites is 4. The van der Waals surface area contributed by atoms with Gasteiger partial charge in [-0.25, -0.2) is 0 Å². The second-order valence-corrected chi connectivity index (χ2v) is 19.3. The number of nitrogens with one attached hydrogen (secondary N) is 1. The molecule has 1 aliphatic carbocycles. The van der Waals surface area contributed by atoms with Crippen LogP contribution in [0.3, 0.4) is 0 Å². The van der Waals surface area contributed by atoms with Gasteiger partial charge in [0.2, 0.25) is 6.71 Å². The van der Waals surface area contributed by atoms with Gasteiger partial charge in [-0.3, -0.25) is 0 Å². The van der Waals surface area contributed by atoms with Gasteiger partial charge in [-0.05, 0) is 128 Å². The second-order valence-electron chi connectivity index (χ2n) is 19.3. The van der Waals surface area contributed by atoms with Crippen LogP contribution >= 0.6 is 0 Å². The van der Waals surface area contributed by atoms with Crippen molar-refractivity contribution in [1.82, 2.24) is 0 Å². The number of hydrogen-bond acceptors (Lipinski definition) is 4. The third-order valence-electron chi connectivity index (χ3n) is 15.8. The van der Waals surface area contributed by atoms with E-state index in [1.165, 1.54) is 111 Å². The van der Waals surface area contributed by atoms with Crippen molar-refractivity contribution in [2.24, 2.45) is 0 Å². The van der Waals surface area contributed by atoms with E-state index in [-0.39, 0.29) is 13.4 Å². The third kappa shape index (κ3) is 4.98. The highest BCUT2D eigenvalue weighted by molar-refractivity contribution is 7.00. The van der Waals surface area contributed by atoms with E-state index in [1.54, 1.807) is 0 Å². The summed E-state index contributed by atoms with van der Waals surface area (Å²) in [6.07, 6.45) is 9.74. The van der Waals surface area contributed by atoms with Crippen molar-refractivity contribution in [3.63, 3.8) is 0 Å². The van der Waals surface area contributed by atoms with Crippen LogP contribution in [0.2, 0.25) is 0 Å². The standard InChI is InChI=1S/C61H39B3N3O/c1-3-15-36(16-4-1)38-27-29-46-52(33-38)66-50-24-12-8-20-44(50)62-56-42(32-41-31-40-19-7-9-21-45(40)63(46)57(41)60(56)66)43-35-55-58-61-59(43)65-49-23-11-13-25-51(49)67(61)53-34-39(37-17-5-2-6-18-37)28-30-47(53)64(58)48-22-10-14-26-54(48)68-55/h1-5,7-17,19-30,32-35,65H,6,18,31H2. The first-order valence-corrected chi connectivity index (χ1v) is 24.1. The molecular formula is C61H39B3N3O. The number of rotatable bonds is 3. The lowest BCUT2D eigenvalue weighted by Crippen LogP contribution is -2.64. The highest BCUT2D eigenvalue weighted by atomic mass is 16.5. The summed E-state index contributed by atoms with van der Waals surface area (Å²) in [7, 11) is 2.47. The molecule has 6 heterocycles. The van der Waals surface area contributed by atoms with Gasteiger partial charge in [-0.2, -0.15) is 0 Å². The normalized spacial score (nSPS) is 15.1. The topological polar surface area (TPSA) is 27.7 Å². The Hall–Kier alpha value is -8.15. The van der Waals surface area contributed by atoms with Gasteiger partial charge in [-0.1, -0.05) is 168 Å². The van der Waals surface area contributed by atoms with E-state index >= 15 is 0 Å². The van der Waals surface area contributed by atoms with E-state index in [1.807, 2.05) is 0 Å².